The number of hydrogen-bond acceptors (Lipinski definition) is 4. The third-order valence-electron chi connectivity index (χ3n) is 4.25. The van der Waals surface area contributed by atoms with E-state index in [2.05, 4.69) is 5.32 Å². The molecule has 0 aliphatic heterocycles. The first kappa shape index (κ1) is 17.6. The molecule has 0 radical (unpaired) electrons. The van der Waals surface area contributed by atoms with Gasteiger partial charge in [0.1, 0.15) is 11.5 Å². The van der Waals surface area contributed by atoms with Crippen LogP contribution < -0.4 is 15.8 Å². The molecule has 4 rings (SSSR count). The highest BCUT2D eigenvalue weighted by Crippen LogP contribution is 2.22. The molecule has 0 saturated heterocycles. The van der Waals surface area contributed by atoms with Crippen LogP contribution in [0.3, 0.4) is 0 Å². The van der Waals surface area contributed by atoms with E-state index < -0.39 is 5.76 Å². The van der Waals surface area contributed by atoms with Crippen molar-refractivity contribution >= 4 is 22.7 Å². The number of ether oxygens (including phenoxy) is 1. The predicted octanol–water partition coefficient (Wildman–Crippen LogP) is 4.42. The molecule has 28 heavy (non-hydrogen) atoms. The number of nitrogens with one attached hydrogen (secondary N) is 1. The second kappa shape index (κ2) is 7.84. The zero-order valence-corrected chi connectivity index (χ0v) is 15.0. The molecule has 0 spiro atoms. The van der Waals surface area contributed by atoms with Gasteiger partial charge in [-0.2, -0.15) is 0 Å². The Morgan fingerprint density at radius 3 is 2.36 bits per heavy atom. The van der Waals surface area contributed by atoms with Gasteiger partial charge in [-0.15, -0.1) is 0 Å². The molecule has 140 valence electrons. The molecule has 6 heteroatoms. The predicted molar refractivity (Wildman–Crippen MR) is 107 cm³/mol. The van der Waals surface area contributed by atoms with Crippen molar-refractivity contribution in [2.45, 2.75) is 13.0 Å². The van der Waals surface area contributed by atoms with Crippen molar-refractivity contribution in [3.63, 3.8) is 0 Å². The monoisotopic (exact) mass is 374 g/mol. The molecular formula is C22H18N2O4. The number of fused-ring (bicyclic) bond motifs is 1. The van der Waals surface area contributed by atoms with Crippen molar-refractivity contribution in [2.75, 3.05) is 5.32 Å². The number of oxazole rings is 1. The SMILES string of the molecule is O=C(CCn1c(=O)oc2ccccc21)Nc1ccc(Oc2ccccc2)cc1. The van der Waals surface area contributed by atoms with Gasteiger partial charge in [0.15, 0.2) is 5.58 Å². The van der Waals surface area contributed by atoms with E-state index in [1.807, 2.05) is 36.4 Å². The summed E-state index contributed by atoms with van der Waals surface area (Å²) in [6.07, 6.45) is 0.158. The highest BCUT2D eigenvalue weighted by molar-refractivity contribution is 5.90. The molecule has 6 nitrogen and oxygen atoms in total. The van der Waals surface area contributed by atoms with E-state index in [0.29, 0.717) is 22.5 Å². The fourth-order valence-electron chi connectivity index (χ4n) is 2.89. The van der Waals surface area contributed by atoms with Crippen LogP contribution in [0.15, 0.2) is 88.1 Å². The Morgan fingerprint density at radius 2 is 1.57 bits per heavy atom. The number of carbonyl (C=O) groups is 1. The van der Waals surface area contributed by atoms with Crippen LogP contribution in [0, 0.1) is 0 Å². The molecule has 0 fully saturated rings. The fraction of sp³-hybridized carbons (Fsp3) is 0.0909. The Balaban J connectivity index is 1.36. The van der Waals surface area contributed by atoms with E-state index in [4.69, 9.17) is 9.15 Å². The largest absolute Gasteiger partial charge is 0.457 e. The highest BCUT2D eigenvalue weighted by Gasteiger charge is 2.10. The standard InChI is InChI=1S/C22H18N2O4/c25-21(14-15-24-19-8-4-5-9-20(19)28-22(24)26)23-16-10-12-18(13-11-16)27-17-6-2-1-3-7-17/h1-13H,14-15H2,(H,23,25). The normalized spacial score (nSPS) is 10.7. The van der Waals surface area contributed by atoms with Crippen LogP contribution in [0.25, 0.3) is 11.1 Å². The maximum absolute atomic E-state index is 12.2. The number of carbonyl (C=O) groups excluding carboxylic acids is 1. The molecule has 1 amide bonds. The first-order valence-electron chi connectivity index (χ1n) is 8.90. The van der Waals surface area contributed by atoms with Crippen LogP contribution in [-0.4, -0.2) is 10.5 Å². The zero-order valence-electron chi connectivity index (χ0n) is 15.0. The van der Waals surface area contributed by atoms with Gasteiger partial charge in [0, 0.05) is 18.7 Å². The first-order chi connectivity index (χ1) is 13.7. The van der Waals surface area contributed by atoms with Gasteiger partial charge in [0.2, 0.25) is 5.91 Å². The maximum Gasteiger partial charge on any atom is 0.419 e. The molecule has 0 aliphatic rings. The van der Waals surface area contributed by atoms with Crippen LogP contribution in [0.4, 0.5) is 5.69 Å². The summed E-state index contributed by atoms with van der Waals surface area (Å²) in [6.45, 7) is 0.247. The number of rotatable bonds is 6. The minimum Gasteiger partial charge on any atom is -0.457 e. The van der Waals surface area contributed by atoms with Crippen LogP contribution in [-0.2, 0) is 11.3 Å². The third kappa shape index (κ3) is 3.96. The summed E-state index contributed by atoms with van der Waals surface area (Å²) in [5.74, 6) is 0.781. The molecule has 0 atom stereocenters. The summed E-state index contributed by atoms with van der Waals surface area (Å²) in [7, 11) is 0. The summed E-state index contributed by atoms with van der Waals surface area (Å²) >= 11 is 0. The van der Waals surface area contributed by atoms with Gasteiger partial charge in [-0.3, -0.25) is 9.36 Å². The van der Waals surface area contributed by atoms with Gasteiger partial charge in [0.05, 0.1) is 5.52 Å². The second-order valence-corrected chi connectivity index (χ2v) is 6.23. The molecule has 0 saturated carbocycles. The maximum atomic E-state index is 12.2. The quantitative estimate of drug-likeness (QED) is 0.542. The minimum atomic E-state index is -0.462. The lowest BCUT2D eigenvalue weighted by molar-refractivity contribution is -0.116. The Labute approximate surface area is 161 Å². The average molecular weight is 374 g/mol. The van der Waals surface area contributed by atoms with Crippen LogP contribution in [0.1, 0.15) is 6.42 Å². The van der Waals surface area contributed by atoms with E-state index in [-0.39, 0.29) is 18.9 Å². The number of anilines is 1. The Morgan fingerprint density at radius 1 is 0.893 bits per heavy atom. The minimum absolute atomic E-state index is 0.158. The smallest absolute Gasteiger partial charge is 0.419 e. The molecule has 4 aromatic rings. The average Bonchev–Trinajstić information content (AvgIpc) is 3.04. The van der Waals surface area contributed by atoms with Gasteiger partial charge in [-0.1, -0.05) is 30.3 Å². The van der Waals surface area contributed by atoms with Crippen LogP contribution >= 0.6 is 0 Å². The summed E-state index contributed by atoms with van der Waals surface area (Å²) < 4.78 is 12.4. The van der Waals surface area contributed by atoms with Gasteiger partial charge in [-0.25, -0.2) is 4.79 Å². The van der Waals surface area contributed by atoms with Crippen molar-refractivity contribution in [3.05, 3.63) is 89.4 Å². The molecule has 1 aromatic heterocycles. The lowest BCUT2D eigenvalue weighted by atomic mass is 10.2. The fourth-order valence-corrected chi connectivity index (χ4v) is 2.89. The number of nitrogens with zero attached hydrogens (tertiary/aromatic N) is 1. The Hall–Kier alpha value is -3.80. The molecule has 1 heterocycles. The first-order valence-corrected chi connectivity index (χ1v) is 8.90. The van der Waals surface area contributed by atoms with Gasteiger partial charge < -0.3 is 14.5 Å². The third-order valence-corrected chi connectivity index (χ3v) is 4.25. The van der Waals surface area contributed by atoms with Gasteiger partial charge in [0.25, 0.3) is 0 Å². The topological polar surface area (TPSA) is 73.5 Å². The lowest BCUT2D eigenvalue weighted by Gasteiger charge is -2.08. The molecule has 0 unspecified atom stereocenters. The van der Waals surface area contributed by atoms with Crippen molar-refractivity contribution in [3.8, 4) is 11.5 Å². The van der Waals surface area contributed by atoms with E-state index in [1.165, 1.54) is 4.57 Å². The molecule has 0 bridgehead atoms. The lowest BCUT2D eigenvalue weighted by Crippen LogP contribution is -2.19. The highest BCUT2D eigenvalue weighted by atomic mass is 16.5. The van der Waals surface area contributed by atoms with Crippen LogP contribution in [0.2, 0.25) is 0 Å². The number of hydrogen-bond donors (Lipinski definition) is 1. The molecule has 0 aliphatic carbocycles. The van der Waals surface area contributed by atoms with Gasteiger partial charge in [-0.05, 0) is 48.5 Å². The number of aryl methyl sites for hydroxylation is 1. The number of amides is 1. The van der Waals surface area contributed by atoms with Crippen molar-refractivity contribution in [1.82, 2.24) is 4.57 Å². The number of para-hydroxylation sites is 3. The van der Waals surface area contributed by atoms with Crippen molar-refractivity contribution in [1.29, 1.82) is 0 Å². The summed E-state index contributed by atoms with van der Waals surface area (Å²) in [5.41, 5.74) is 1.86. The molecule has 3 aromatic carbocycles. The summed E-state index contributed by atoms with van der Waals surface area (Å²) in [6, 6.07) is 23.7. The second-order valence-electron chi connectivity index (χ2n) is 6.23. The van der Waals surface area contributed by atoms with Crippen molar-refractivity contribution in [2.24, 2.45) is 0 Å². The van der Waals surface area contributed by atoms with E-state index in [9.17, 15) is 9.59 Å². The van der Waals surface area contributed by atoms with E-state index in [0.717, 1.165) is 5.75 Å². The van der Waals surface area contributed by atoms with Crippen LogP contribution in [0.5, 0.6) is 11.5 Å². The number of aromatic nitrogens is 1. The van der Waals surface area contributed by atoms with Gasteiger partial charge >= 0.3 is 5.76 Å². The molecular weight excluding hydrogens is 356 g/mol. The zero-order chi connectivity index (χ0) is 19.3. The Kier molecular flexibility index (Phi) is 4.93. The van der Waals surface area contributed by atoms with Crippen molar-refractivity contribution < 1.29 is 13.9 Å². The Bertz CT molecular complexity index is 1140. The van der Waals surface area contributed by atoms with E-state index >= 15 is 0 Å². The van der Waals surface area contributed by atoms with E-state index in [1.54, 1.807) is 42.5 Å². The summed E-state index contributed by atoms with van der Waals surface area (Å²) in [5, 5.41) is 2.82. The molecule has 1 N–H and O–H groups in total. The summed E-state index contributed by atoms with van der Waals surface area (Å²) in [4.78, 5) is 24.2. The number of benzene rings is 3.